The highest BCUT2D eigenvalue weighted by Gasteiger charge is 2.17. The number of ketones is 1. The Morgan fingerprint density at radius 3 is 2.79 bits per heavy atom. The van der Waals surface area contributed by atoms with Crippen molar-refractivity contribution in [3.63, 3.8) is 0 Å². The van der Waals surface area contributed by atoms with Crippen molar-refractivity contribution in [3.8, 4) is 6.07 Å². The average Bonchev–Trinajstić information content (AvgIpc) is 2.38. The van der Waals surface area contributed by atoms with E-state index in [2.05, 4.69) is 0 Å². The Labute approximate surface area is 112 Å². The van der Waals surface area contributed by atoms with E-state index in [-0.39, 0.29) is 11.3 Å². The second-order valence-electron chi connectivity index (χ2n) is 4.08. The van der Waals surface area contributed by atoms with Crippen LogP contribution in [0, 0.1) is 17.1 Å². The summed E-state index contributed by atoms with van der Waals surface area (Å²) < 4.78 is 18.8. The van der Waals surface area contributed by atoms with E-state index >= 15 is 0 Å². The maximum absolute atomic E-state index is 13.8. The van der Waals surface area contributed by atoms with E-state index in [1.165, 1.54) is 13.0 Å². The number of anilines is 1. The van der Waals surface area contributed by atoms with Crippen molar-refractivity contribution in [1.82, 2.24) is 0 Å². The van der Waals surface area contributed by atoms with Gasteiger partial charge in [0.15, 0.2) is 5.78 Å². The van der Waals surface area contributed by atoms with Crippen LogP contribution < -0.4 is 4.90 Å². The number of hydrogen-bond acceptors (Lipinski definition) is 4. The van der Waals surface area contributed by atoms with E-state index in [1.54, 1.807) is 24.1 Å². The summed E-state index contributed by atoms with van der Waals surface area (Å²) in [5.74, 6) is -0.864. The first-order valence-electron chi connectivity index (χ1n) is 6.02. The average molecular weight is 264 g/mol. The lowest BCUT2D eigenvalue weighted by Crippen LogP contribution is -2.29. The van der Waals surface area contributed by atoms with Crippen LogP contribution in [-0.4, -0.2) is 32.6 Å². The Morgan fingerprint density at radius 1 is 1.47 bits per heavy atom. The normalized spacial score (nSPS) is 10.0. The molecule has 19 heavy (non-hydrogen) atoms. The first-order valence-corrected chi connectivity index (χ1v) is 6.02. The number of nitriles is 1. The van der Waals surface area contributed by atoms with Gasteiger partial charge in [-0.2, -0.15) is 5.26 Å². The largest absolute Gasteiger partial charge is 0.383 e. The minimum Gasteiger partial charge on any atom is -0.383 e. The molecule has 0 aliphatic heterocycles. The lowest BCUT2D eigenvalue weighted by Gasteiger charge is -2.25. The van der Waals surface area contributed by atoms with Crippen molar-refractivity contribution in [1.29, 1.82) is 5.26 Å². The maximum atomic E-state index is 13.8. The predicted molar refractivity (Wildman–Crippen MR) is 70.7 cm³/mol. The lowest BCUT2D eigenvalue weighted by atomic mass is 10.1. The van der Waals surface area contributed by atoms with Gasteiger partial charge in [-0.1, -0.05) is 6.07 Å². The smallest absolute Gasteiger partial charge is 0.164 e. The van der Waals surface area contributed by atoms with Crippen LogP contribution in [-0.2, 0) is 4.74 Å². The number of Topliss-reactive ketones (excluding diaryl/α,β-unsaturated/α-hetero) is 1. The van der Waals surface area contributed by atoms with Crippen molar-refractivity contribution >= 4 is 11.5 Å². The zero-order chi connectivity index (χ0) is 14.3. The summed E-state index contributed by atoms with van der Waals surface area (Å²) in [4.78, 5) is 13.4. The number of ether oxygens (including phenoxy) is 1. The van der Waals surface area contributed by atoms with E-state index in [4.69, 9.17) is 10.00 Å². The molecule has 0 atom stereocenters. The highest BCUT2D eigenvalue weighted by molar-refractivity contribution is 6.00. The number of benzene rings is 1. The van der Waals surface area contributed by atoms with Crippen molar-refractivity contribution in [2.24, 2.45) is 0 Å². The standard InChI is InChI=1S/C14H17FN2O2/c1-11(18)14-12(15)5-3-6-13(14)17(8-4-7-16)9-10-19-2/h3,5-6H,4,8-10H2,1-2H3. The Kier molecular flexibility index (Phi) is 5.97. The van der Waals surface area contributed by atoms with E-state index in [0.29, 0.717) is 31.8 Å². The topological polar surface area (TPSA) is 53.3 Å². The van der Waals surface area contributed by atoms with Gasteiger partial charge in [0, 0.05) is 20.2 Å². The highest BCUT2D eigenvalue weighted by Crippen LogP contribution is 2.24. The third-order valence-electron chi connectivity index (χ3n) is 2.74. The zero-order valence-corrected chi connectivity index (χ0v) is 11.1. The van der Waals surface area contributed by atoms with Gasteiger partial charge in [-0.25, -0.2) is 4.39 Å². The molecule has 0 bridgehead atoms. The molecule has 0 aliphatic rings. The summed E-state index contributed by atoms with van der Waals surface area (Å²) in [5, 5.41) is 8.67. The van der Waals surface area contributed by atoms with Gasteiger partial charge in [0.1, 0.15) is 5.82 Å². The quantitative estimate of drug-likeness (QED) is 0.710. The molecule has 5 heteroatoms. The summed E-state index contributed by atoms with van der Waals surface area (Å²) in [6, 6.07) is 6.56. The van der Waals surface area contributed by atoms with Crippen LogP contribution in [0.2, 0.25) is 0 Å². The molecular weight excluding hydrogens is 247 g/mol. The Bertz CT molecular complexity index is 483. The van der Waals surface area contributed by atoms with Crippen LogP contribution in [0.15, 0.2) is 18.2 Å². The molecule has 0 saturated heterocycles. The van der Waals surface area contributed by atoms with Crippen molar-refractivity contribution in [2.45, 2.75) is 13.3 Å². The predicted octanol–water partition coefficient (Wildman–Crippen LogP) is 2.39. The van der Waals surface area contributed by atoms with Crippen LogP contribution in [0.4, 0.5) is 10.1 Å². The van der Waals surface area contributed by atoms with Gasteiger partial charge in [0.25, 0.3) is 0 Å². The van der Waals surface area contributed by atoms with Gasteiger partial charge < -0.3 is 9.64 Å². The zero-order valence-electron chi connectivity index (χ0n) is 11.1. The summed E-state index contributed by atoms with van der Waals surface area (Å²) in [6.45, 7) is 2.71. The van der Waals surface area contributed by atoms with Crippen LogP contribution in [0.1, 0.15) is 23.7 Å². The molecule has 0 fully saturated rings. The minimum absolute atomic E-state index is 0.0662. The van der Waals surface area contributed by atoms with E-state index in [1.807, 2.05) is 6.07 Å². The highest BCUT2D eigenvalue weighted by atomic mass is 19.1. The molecule has 102 valence electrons. The summed E-state index contributed by atoms with van der Waals surface area (Å²) >= 11 is 0. The molecule has 0 heterocycles. The number of rotatable bonds is 7. The lowest BCUT2D eigenvalue weighted by molar-refractivity contribution is 0.101. The molecule has 1 aromatic rings. The molecule has 0 saturated carbocycles. The third-order valence-corrected chi connectivity index (χ3v) is 2.74. The second kappa shape index (κ2) is 7.49. The second-order valence-corrected chi connectivity index (χ2v) is 4.08. The molecular formula is C14H17FN2O2. The number of methoxy groups -OCH3 is 1. The van der Waals surface area contributed by atoms with Gasteiger partial charge in [-0.05, 0) is 19.1 Å². The number of hydrogen-bond donors (Lipinski definition) is 0. The first-order chi connectivity index (χ1) is 9.11. The number of carbonyl (C=O) groups is 1. The first kappa shape index (κ1) is 15.1. The molecule has 0 aliphatic carbocycles. The van der Waals surface area contributed by atoms with E-state index in [9.17, 15) is 9.18 Å². The van der Waals surface area contributed by atoms with Crippen LogP contribution >= 0.6 is 0 Å². The number of nitrogens with zero attached hydrogens (tertiary/aromatic N) is 2. The molecule has 0 radical (unpaired) electrons. The Balaban J connectivity index is 3.10. The molecule has 1 aromatic carbocycles. The van der Waals surface area contributed by atoms with Crippen molar-refractivity contribution < 1.29 is 13.9 Å². The molecule has 0 aromatic heterocycles. The van der Waals surface area contributed by atoms with Gasteiger partial charge in [-0.15, -0.1) is 0 Å². The van der Waals surface area contributed by atoms with E-state index < -0.39 is 5.82 Å². The molecule has 0 N–H and O–H groups in total. The summed E-state index contributed by atoms with van der Waals surface area (Å²) in [6.07, 6.45) is 0.303. The van der Waals surface area contributed by atoms with Gasteiger partial charge in [0.05, 0.1) is 30.3 Å². The SMILES string of the molecule is COCCN(CCC#N)c1cccc(F)c1C(C)=O. The van der Waals surface area contributed by atoms with Crippen molar-refractivity contribution in [2.75, 3.05) is 31.7 Å². The van der Waals surface area contributed by atoms with Crippen LogP contribution in [0.25, 0.3) is 0 Å². The minimum atomic E-state index is -0.538. The summed E-state index contributed by atoms with van der Waals surface area (Å²) in [5.41, 5.74) is 0.580. The third kappa shape index (κ3) is 4.04. The molecule has 0 amide bonds. The molecule has 1 rings (SSSR count). The van der Waals surface area contributed by atoms with E-state index in [0.717, 1.165) is 0 Å². The maximum Gasteiger partial charge on any atom is 0.164 e. The molecule has 4 nitrogen and oxygen atoms in total. The number of carbonyl (C=O) groups excluding carboxylic acids is 1. The number of halogens is 1. The van der Waals surface area contributed by atoms with Gasteiger partial charge in [-0.3, -0.25) is 4.79 Å². The fourth-order valence-corrected chi connectivity index (χ4v) is 1.86. The molecule has 0 unspecified atom stereocenters. The Hall–Kier alpha value is -1.93. The van der Waals surface area contributed by atoms with Crippen LogP contribution in [0.5, 0.6) is 0 Å². The Morgan fingerprint density at radius 2 is 2.21 bits per heavy atom. The van der Waals surface area contributed by atoms with Crippen molar-refractivity contribution in [3.05, 3.63) is 29.6 Å². The monoisotopic (exact) mass is 264 g/mol. The molecule has 0 spiro atoms. The summed E-state index contributed by atoms with van der Waals surface area (Å²) in [7, 11) is 1.57. The fraction of sp³-hybridized carbons (Fsp3) is 0.429. The van der Waals surface area contributed by atoms with Crippen LogP contribution in [0.3, 0.4) is 0 Å². The van der Waals surface area contributed by atoms with Gasteiger partial charge in [0.2, 0.25) is 0 Å². The fourth-order valence-electron chi connectivity index (χ4n) is 1.86. The van der Waals surface area contributed by atoms with Gasteiger partial charge >= 0.3 is 0 Å².